The van der Waals surface area contributed by atoms with Gasteiger partial charge in [-0.05, 0) is 30.7 Å². The summed E-state index contributed by atoms with van der Waals surface area (Å²) in [6.07, 6.45) is 7.06. The molecule has 1 amide bonds. The molecule has 6 N–H and O–H groups in total. The molecule has 0 aliphatic carbocycles. The lowest BCUT2D eigenvalue weighted by Gasteiger charge is -2.08. The molecule has 0 saturated carbocycles. The summed E-state index contributed by atoms with van der Waals surface area (Å²) < 4.78 is 1.87. The average Bonchev–Trinajstić information content (AvgIpc) is 3.06. The summed E-state index contributed by atoms with van der Waals surface area (Å²) in [5.74, 6) is 0.287. The second kappa shape index (κ2) is 6.04. The van der Waals surface area contributed by atoms with Crippen LogP contribution in [-0.2, 0) is 4.79 Å². The van der Waals surface area contributed by atoms with Crippen LogP contribution in [0.15, 0.2) is 49.1 Å². The van der Waals surface area contributed by atoms with Gasteiger partial charge in [0.25, 0.3) is 0 Å². The van der Waals surface area contributed by atoms with E-state index in [4.69, 9.17) is 17.2 Å². The molecule has 1 atom stereocenters. The summed E-state index contributed by atoms with van der Waals surface area (Å²) in [6, 6.07) is 7.42. The Balaban J connectivity index is 1.91. The van der Waals surface area contributed by atoms with Gasteiger partial charge in [0.05, 0.1) is 11.6 Å². The van der Waals surface area contributed by atoms with Crippen LogP contribution in [0.2, 0.25) is 0 Å². The SMILES string of the molecule is CC(C(N)=O)c1ccc(-n2ccc(-c3ccnc(N)c3N)c2)nc1. The van der Waals surface area contributed by atoms with Gasteiger partial charge in [-0.25, -0.2) is 9.97 Å². The summed E-state index contributed by atoms with van der Waals surface area (Å²) in [7, 11) is 0. The highest BCUT2D eigenvalue weighted by Gasteiger charge is 2.12. The monoisotopic (exact) mass is 322 g/mol. The standard InChI is InChI=1S/C17H18N6O/c1-10(17(20)24)11-2-3-14(22-8-11)23-7-5-12(9-23)13-4-6-21-16(19)15(13)18/h2-10H,18H2,1H3,(H2,19,21)(H2,20,24). The number of nitrogens with zero attached hydrogens (tertiary/aromatic N) is 3. The molecule has 7 heteroatoms. The Morgan fingerprint density at radius 2 is 1.96 bits per heavy atom. The molecule has 0 spiro atoms. The van der Waals surface area contributed by atoms with Gasteiger partial charge in [0.15, 0.2) is 0 Å². The molecule has 0 fully saturated rings. The van der Waals surface area contributed by atoms with Crippen LogP contribution in [0, 0.1) is 0 Å². The fraction of sp³-hybridized carbons (Fsp3) is 0.118. The highest BCUT2D eigenvalue weighted by Crippen LogP contribution is 2.29. The molecule has 0 bridgehead atoms. The smallest absolute Gasteiger partial charge is 0.224 e. The van der Waals surface area contributed by atoms with Crippen LogP contribution in [0.3, 0.4) is 0 Å². The maximum atomic E-state index is 11.2. The number of anilines is 2. The molecule has 0 saturated heterocycles. The Morgan fingerprint density at radius 1 is 1.17 bits per heavy atom. The van der Waals surface area contributed by atoms with E-state index in [1.807, 2.05) is 41.2 Å². The first kappa shape index (κ1) is 15.5. The fourth-order valence-corrected chi connectivity index (χ4v) is 2.41. The number of carbonyl (C=O) groups excluding carboxylic acids is 1. The van der Waals surface area contributed by atoms with E-state index in [0.717, 1.165) is 22.5 Å². The Kier molecular flexibility index (Phi) is 3.91. The third kappa shape index (κ3) is 2.79. The first-order valence-corrected chi connectivity index (χ1v) is 7.41. The summed E-state index contributed by atoms with van der Waals surface area (Å²) in [6.45, 7) is 1.75. The number of amides is 1. The molecule has 0 aliphatic rings. The van der Waals surface area contributed by atoms with E-state index >= 15 is 0 Å². The number of hydrogen-bond acceptors (Lipinski definition) is 5. The molecule has 3 heterocycles. The van der Waals surface area contributed by atoms with Gasteiger partial charge in [-0.1, -0.05) is 6.07 Å². The van der Waals surface area contributed by atoms with Gasteiger partial charge < -0.3 is 21.8 Å². The summed E-state index contributed by atoms with van der Waals surface area (Å²) in [5, 5.41) is 0. The minimum atomic E-state index is -0.376. The Morgan fingerprint density at radius 3 is 2.62 bits per heavy atom. The van der Waals surface area contributed by atoms with Gasteiger partial charge in [-0.3, -0.25) is 4.79 Å². The maximum absolute atomic E-state index is 11.2. The largest absolute Gasteiger partial charge is 0.395 e. The van der Waals surface area contributed by atoms with Crippen molar-refractivity contribution in [1.82, 2.24) is 14.5 Å². The lowest BCUT2D eigenvalue weighted by Crippen LogP contribution is -2.18. The molecule has 7 nitrogen and oxygen atoms in total. The zero-order valence-corrected chi connectivity index (χ0v) is 13.2. The molecule has 3 aromatic rings. The highest BCUT2D eigenvalue weighted by molar-refractivity contribution is 5.82. The normalized spacial score (nSPS) is 12.0. The second-order valence-electron chi connectivity index (χ2n) is 5.54. The summed E-state index contributed by atoms with van der Waals surface area (Å²) in [4.78, 5) is 19.6. The predicted octanol–water partition coefficient (Wildman–Crippen LogP) is 1.69. The second-order valence-corrected chi connectivity index (χ2v) is 5.54. The van der Waals surface area contributed by atoms with Crippen molar-refractivity contribution in [1.29, 1.82) is 0 Å². The third-order valence-electron chi connectivity index (χ3n) is 3.99. The van der Waals surface area contributed by atoms with Crippen LogP contribution in [-0.4, -0.2) is 20.4 Å². The lowest BCUT2D eigenvalue weighted by atomic mass is 10.0. The quantitative estimate of drug-likeness (QED) is 0.674. The topological polar surface area (TPSA) is 126 Å². The van der Waals surface area contributed by atoms with Gasteiger partial charge in [0.1, 0.15) is 11.6 Å². The zero-order chi connectivity index (χ0) is 17.3. The van der Waals surface area contributed by atoms with Crippen molar-refractivity contribution in [2.24, 2.45) is 5.73 Å². The van der Waals surface area contributed by atoms with Crippen LogP contribution < -0.4 is 17.2 Å². The first-order valence-electron chi connectivity index (χ1n) is 7.41. The third-order valence-corrected chi connectivity index (χ3v) is 3.99. The van der Waals surface area contributed by atoms with Crippen molar-refractivity contribution < 1.29 is 4.79 Å². The zero-order valence-electron chi connectivity index (χ0n) is 13.2. The number of nitrogen functional groups attached to an aromatic ring is 2. The molecule has 0 radical (unpaired) electrons. The van der Waals surface area contributed by atoms with Crippen molar-refractivity contribution in [2.75, 3.05) is 11.5 Å². The fourth-order valence-electron chi connectivity index (χ4n) is 2.41. The Labute approximate surface area is 139 Å². The predicted molar refractivity (Wildman–Crippen MR) is 93.2 cm³/mol. The number of pyridine rings is 2. The van der Waals surface area contributed by atoms with E-state index < -0.39 is 0 Å². The van der Waals surface area contributed by atoms with Crippen LogP contribution in [0.25, 0.3) is 16.9 Å². The minimum absolute atomic E-state index is 0.308. The van der Waals surface area contributed by atoms with Crippen LogP contribution in [0.5, 0.6) is 0 Å². The highest BCUT2D eigenvalue weighted by atomic mass is 16.1. The van der Waals surface area contributed by atoms with Crippen LogP contribution in [0.4, 0.5) is 11.5 Å². The molecular formula is C17H18N6O. The summed E-state index contributed by atoms with van der Waals surface area (Å²) >= 11 is 0. The Hall–Kier alpha value is -3.35. The van der Waals surface area contributed by atoms with Gasteiger partial charge in [0.2, 0.25) is 5.91 Å². The number of primary amides is 1. The minimum Gasteiger partial charge on any atom is -0.395 e. The van der Waals surface area contributed by atoms with Crippen molar-refractivity contribution in [3.8, 4) is 16.9 Å². The molecule has 3 aromatic heterocycles. The van der Waals surface area contributed by atoms with Crippen LogP contribution >= 0.6 is 0 Å². The first-order chi connectivity index (χ1) is 11.5. The lowest BCUT2D eigenvalue weighted by molar-refractivity contribution is -0.119. The molecule has 0 aromatic carbocycles. The van der Waals surface area contributed by atoms with Gasteiger partial charge in [-0.15, -0.1) is 0 Å². The number of hydrogen-bond donors (Lipinski definition) is 3. The van der Waals surface area contributed by atoms with Crippen molar-refractivity contribution in [3.63, 3.8) is 0 Å². The van der Waals surface area contributed by atoms with Crippen molar-refractivity contribution >= 4 is 17.4 Å². The molecular weight excluding hydrogens is 304 g/mol. The number of aromatic nitrogens is 3. The molecule has 3 rings (SSSR count). The van der Waals surface area contributed by atoms with Gasteiger partial charge >= 0.3 is 0 Å². The maximum Gasteiger partial charge on any atom is 0.224 e. The van der Waals surface area contributed by atoms with E-state index in [1.165, 1.54) is 0 Å². The molecule has 122 valence electrons. The molecule has 1 unspecified atom stereocenters. The van der Waals surface area contributed by atoms with E-state index in [0.29, 0.717) is 11.5 Å². The summed E-state index contributed by atoms with van der Waals surface area (Å²) in [5.41, 5.74) is 20.0. The van der Waals surface area contributed by atoms with E-state index in [2.05, 4.69) is 9.97 Å². The van der Waals surface area contributed by atoms with E-state index in [1.54, 1.807) is 19.3 Å². The number of nitrogens with two attached hydrogens (primary N) is 3. The van der Waals surface area contributed by atoms with Gasteiger partial charge in [-0.2, -0.15) is 0 Å². The van der Waals surface area contributed by atoms with E-state index in [9.17, 15) is 4.79 Å². The van der Waals surface area contributed by atoms with Crippen molar-refractivity contribution in [3.05, 3.63) is 54.6 Å². The van der Waals surface area contributed by atoms with E-state index in [-0.39, 0.29) is 11.8 Å². The van der Waals surface area contributed by atoms with Crippen LogP contribution in [0.1, 0.15) is 18.4 Å². The number of carbonyl (C=O) groups is 1. The molecule has 24 heavy (non-hydrogen) atoms. The molecule has 0 aliphatic heterocycles. The van der Waals surface area contributed by atoms with Crippen molar-refractivity contribution in [2.45, 2.75) is 12.8 Å². The number of rotatable bonds is 4. The Bertz CT molecular complexity index is 884. The van der Waals surface area contributed by atoms with Gasteiger partial charge in [0, 0.05) is 35.9 Å². The average molecular weight is 322 g/mol.